The Morgan fingerprint density at radius 1 is 0.450 bits per heavy atom. The average Bonchev–Trinajstić information content (AvgIpc) is 2.99. The van der Waals surface area contributed by atoms with Crippen LogP contribution in [0.2, 0.25) is 0 Å². The van der Waals surface area contributed by atoms with E-state index in [-0.39, 0.29) is 6.10 Å². The number of hydrogen-bond donors (Lipinski definition) is 0. The molecule has 0 amide bonds. The van der Waals surface area contributed by atoms with Crippen LogP contribution < -0.4 is 4.74 Å². The third-order valence-corrected chi connectivity index (χ3v) is 8.20. The quantitative estimate of drug-likeness (QED) is 0.108. The Balaban J connectivity index is 1.53. The lowest BCUT2D eigenvalue weighted by Gasteiger charge is -2.14. The van der Waals surface area contributed by atoms with Gasteiger partial charge in [0, 0.05) is 6.61 Å². The molecule has 0 aliphatic heterocycles. The van der Waals surface area contributed by atoms with Crippen molar-refractivity contribution in [3.05, 3.63) is 54.1 Å². The zero-order valence-electron chi connectivity index (χ0n) is 26.6. The zero-order chi connectivity index (χ0) is 28.5. The molecule has 226 valence electrons. The van der Waals surface area contributed by atoms with Gasteiger partial charge in [0.15, 0.2) is 0 Å². The third-order valence-electron chi connectivity index (χ3n) is 8.20. The summed E-state index contributed by atoms with van der Waals surface area (Å²) < 4.78 is 12.1. The van der Waals surface area contributed by atoms with E-state index in [4.69, 9.17) is 9.47 Å². The van der Waals surface area contributed by atoms with Gasteiger partial charge in [-0.15, -0.1) is 0 Å². The number of hydrogen-bond acceptors (Lipinski definition) is 2. The van der Waals surface area contributed by atoms with Gasteiger partial charge in [-0.3, -0.25) is 0 Å². The van der Waals surface area contributed by atoms with Gasteiger partial charge >= 0.3 is 0 Å². The smallest absolute Gasteiger partial charge is 0.119 e. The number of benzene rings is 2. The molecule has 2 aromatic rings. The van der Waals surface area contributed by atoms with Crippen LogP contribution in [0.1, 0.15) is 161 Å². The van der Waals surface area contributed by atoms with E-state index in [0.29, 0.717) is 0 Å². The topological polar surface area (TPSA) is 18.5 Å². The lowest BCUT2D eigenvalue weighted by molar-refractivity contribution is 0.0627. The van der Waals surface area contributed by atoms with Crippen molar-refractivity contribution in [2.45, 2.75) is 155 Å². The zero-order valence-corrected chi connectivity index (χ0v) is 26.6. The first-order valence-corrected chi connectivity index (χ1v) is 17.2. The lowest BCUT2D eigenvalue weighted by atomic mass is 10.0. The monoisotopic (exact) mass is 550 g/mol. The second-order valence-electron chi connectivity index (χ2n) is 11.9. The Kier molecular flexibility index (Phi) is 20.5. The van der Waals surface area contributed by atoms with Crippen LogP contribution in [-0.4, -0.2) is 13.2 Å². The first-order valence-electron chi connectivity index (χ1n) is 17.2. The van der Waals surface area contributed by atoms with Crippen molar-refractivity contribution < 1.29 is 9.47 Å². The molecule has 0 aliphatic rings. The largest absolute Gasteiger partial charge is 0.494 e. The van der Waals surface area contributed by atoms with Gasteiger partial charge in [-0.05, 0) is 48.6 Å². The van der Waals surface area contributed by atoms with E-state index in [2.05, 4.69) is 69.3 Å². The van der Waals surface area contributed by atoms with E-state index in [1.165, 1.54) is 139 Å². The van der Waals surface area contributed by atoms with E-state index in [1.54, 1.807) is 0 Å². The summed E-state index contributed by atoms with van der Waals surface area (Å²) >= 11 is 0. The maximum Gasteiger partial charge on any atom is 0.119 e. The van der Waals surface area contributed by atoms with Crippen molar-refractivity contribution in [2.24, 2.45) is 0 Å². The predicted molar refractivity (Wildman–Crippen MR) is 175 cm³/mol. The minimum absolute atomic E-state index is 0.148. The summed E-state index contributed by atoms with van der Waals surface area (Å²) in [4.78, 5) is 0. The average molecular weight is 551 g/mol. The molecule has 1 unspecified atom stereocenters. The van der Waals surface area contributed by atoms with Gasteiger partial charge < -0.3 is 9.47 Å². The first-order chi connectivity index (χ1) is 19.7. The summed E-state index contributed by atoms with van der Waals surface area (Å²) in [5.74, 6) is 0.978. The van der Waals surface area contributed by atoms with Crippen LogP contribution in [-0.2, 0) is 4.74 Å². The number of rotatable bonds is 26. The fourth-order valence-corrected chi connectivity index (χ4v) is 5.42. The van der Waals surface area contributed by atoms with Crippen molar-refractivity contribution in [3.8, 4) is 16.9 Å². The van der Waals surface area contributed by atoms with Gasteiger partial charge in [0.2, 0.25) is 0 Å². The van der Waals surface area contributed by atoms with Crippen LogP contribution in [0.25, 0.3) is 11.1 Å². The van der Waals surface area contributed by atoms with Crippen LogP contribution >= 0.6 is 0 Å². The summed E-state index contributed by atoms with van der Waals surface area (Å²) in [6.07, 6.45) is 27.3. The molecule has 2 rings (SSSR count). The normalized spacial score (nSPS) is 12.1. The molecule has 0 bridgehead atoms. The highest BCUT2D eigenvalue weighted by Gasteiger charge is 2.07. The molecule has 2 aromatic carbocycles. The highest BCUT2D eigenvalue weighted by Crippen LogP contribution is 2.26. The summed E-state index contributed by atoms with van der Waals surface area (Å²) in [6, 6.07) is 17.4. The lowest BCUT2D eigenvalue weighted by Crippen LogP contribution is -2.01. The Labute approximate surface area is 248 Å². The molecule has 0 aromatic heterocycles. The molecular formula is C38H62O2. The Hall–Kier alpha value is -1.80. The fraction of sp³-hybridized carbons (Fsp3) is 0.684. The van der Waals surface area contributed by atoms with Gasteiger partial charge in [0.05, 0.1) is 12.7 Å². The summed E-state index contributed by atoms with van der Waals surface area (Å²) in [7, 11) is 0. The fourth-order valence-electron chi connectivity index (χ4n) is 5.42. The predicted octanol–water partition coefficient (Wildman–Crippen LogP) is 12.7. The molecule has 2 heteroatoms. The molecule has 0 heterocycles. The summed E-state index contributed by atoms with van der Waals surface area (Å²) in [6.45, 7) is 8.42. The molecule has 0 radical (unpaired) electrons. The summed E-state index contributed by atoms with van der Waals surface area (Å²) in [5, 5.41) is 0. The molecule has 0 fully saturated rings. The summed E-state index contributed by atoms with van der Waals surface area (Å²) in [5.41, 5.74) is 3.73. The molecule has 1 atom stereocenters. The molecular weight excluding hydrogens is 488 g/mol. The minimum Gasteiger partial charge on any atom is -0.494 e. The van der Waals surface area contributed by atoms with Crippen LogP contribution in [0.4, 0.5) is 0 Å². The number of unbranched alkanes of at least 4 members (excludes halogenated alkanes) is 18. The van der Waals surface area contributed by atoms with Crippen LogP contribution in [0, 0.1) is 0 Å². The van der Waals surface area contributed by atoms with Gasteiger partial charge in [0.1, 0.15) is 5.75 Å². The van der Waals surface area contributed by atoms with Crippen LogP contribution in [0.3, 0.4) is 0 Å². The van der Waals surface area contributed by atoms with Crippen LogP contribution in [0.5, 0.6) is 5.75 Å². The van der Waals surface area contributed by atoms with Crippen molar-refractivity contribution in [3.63, 3.8) is 0 Å². The van der Waals surface area contributed by atoms with Crippen LogP contribution in [0.15, 0.2) is 48.5 Å². The van der Waals surface area contributed by atoms with Gasteiger partial charge in [0.25, 0.3) is 0 Å². The molecule has 0 saturated carbocycles. The Morgan fingerprint density at radius 3 is 1.27 bits per heavy atom. The van der Waals surface area contributed by atoms with E-state index < -0.39 is 0 Å². The van der Waals surface area contributed by atoms with E-state index in [0.717, 1.165) is 25.4 Å². The molecule has 0 spiro atoms. The van der Waals surface area contributed by atoms with Crippen molar-refractivity contribution in [1.29, 1.82) is 0 Å². The third kappa shape index (κ3) is 16.5. The molecule has 0 N–H and O–H groups in total. The van der Waals surface area contributed by atoms with Crippen molar-refractivity contribution in [2.75, 3.05) is 13.2 Å². The Morgan fingerprint density at radius 2 is 0.825 bits per heavy atom. The van der Waals surface area contributed by atoms with Gasteiger partial charge in [-0.25, -0.2) is 0 Å². The molecule has 40 heavy (non-hydrogen) atoms. The maximum absolute atomic E-state index is 6.12. The molecule has 0 saturated heterocycles. The Bertz CT molecular complexity index is 810. The number of ether oxygens (including phenoxy) is 2. The van der Waals surface area contributed by atoms with E-state index >= 15 is 0 Å². The molecule has 2 nitrogen and oxygen atoms in total. The van der Waals surface area contributed by atoms with Gasteiger partial charge in [-0.2, -0.15) is 0 Å². The van der Waals surface area contributed by atoms with Crippen molar-refractivity contribution in [1.82, 2.24) is 0 Å². The highest BCUT2D eigenvalue weighted by atomic mass is 16.5. The standard InChI is InChI=1S/C38H62O2/c1-4-6-8-10-12-14-15-16-17-19-21-23-33-40-38-30-28-37(29-31-38)36-26-24-35(25-27-36)34(3)39-32-22-20-18-13-11-9-7-5-2/h24-31,34H,4-23,32-33H2,1-3H3. The SMILES string of the molecule is CCCCCCCCCCCCCCOc1ccc(-c2ccc(C(C)OCCCCCCCCCC)cc2)cc1. The maximum atomic E-state index is 6.12. The second-order valence-corrected chi connectivity index (χ2v) is 11.9. The van der Waals surface area contributed by atoms with Gasteiger partial charge in [-0.1, -0.05) is 166 Å². The minimum atomic E-state index is 0.148. The molecule has 0 aliphatic carbocycles. The van der Waals surface area contributed by atoms with Crippen molar-refractivity contribution >= 4 is 0 Å². The highest BCUT2D eigenvalue weighted by molar-refractivity contribution is 5.64. The second kappa shape index (κ2) is 23.9. The first kappa shape index (κ1) is 34.4. The van der Waals surface area contributed by atoms with E-state index in [1.807, 2.05) is 0 Å². The van der Waals surface area contributed by atoms with E-state index in [9.17, 15) is 0 Å².